The van der Waals surface area contributed by atoms with Crippen LogP contribution in [0, 0.1) is 11.8 Å². The van der Waals surface area contributed by atoms with Crippen LogP contribution in [-0.4, -0.2) is 36.5 Å². The van der Waals surface area contributed by atoms with Crippen molar-refractivity contribution in [2.75, 3.05) is 19.6 Å². The molecule has 1 unspecified atom stereocenters. The summed E-state index contributed by atoms with van der Waals surface area (Å²) >= 11 is 0. The number of carbonyl (C=O) groups is 1. The Labute approximate surface area is 112 Å². The van der Waals surface area contributed by atoms with Gasteiger partial charge in [-0.25, -0.2) is 0 Å². The molecule has 0 spiro atoms. The number of nitrogens with two attached hydrogens (primary N) is 2. The Hall–Kier alpha value is -0.610. The highest BCUT2D eigenvalue weighted by Gasteiger charge is 2.13. The summed E-state index contributed by atoms with van der Waals surface area (Å²) in [6, 6.07) is -0.509. The Kier molecular flexibility index (Phi) is 9.02. The summed E-state index contributed by atoms with van der Waals surface area (Å²) in [6.45, 7) is 12.0. The van der Waals surface area contributed by atoms with Gasteiger partial charge in [-0.3, -0.25) is 4.79 Å². The van der Waals surface area contributed by atoms with E-state index in [1.54, 1.807) is 0 Å². The van der Waals surface area contributed by atoms with Crippen molar-refractivity contribution in [1.82, 2.24) is 4.90 Å². The van der Waals surface area contributed by atoms with Gasteiger partial charge in [0, 0.05) is 6.54 Å². The third kappa shape index (κ3) is 9.42. The number of primary amides is 1. The van der Waals surface area contributed by atoms with Gasteiger partial charge >= 0.3 is 0 Å². The predicted octanol–water partition coefficient (Wildman–Crippen LogP) is 1.58. The SMILES string of the molecule is CC(C)CCN(CCC(C)C)CCC(N)C(N)=O. The summed E-state index contributed by atoms with van der Waals surface area (Å²) in [4.78, 5) is 13.3. The number of rotatable bonds is 10. The highest BCUT2D eigenvalue weighted by atomic mass is 16.1. The van der Waals surface area contributed by atoms with Crippen molar-refractivity contribution in [2.45, 2.75) is 53.0 Å². The first-order valence-electron chi connectivity index (χ1n) is 7.10. The van der Waals surface area contributed by atoms with Crippen LogP contribution in [-0.2, 0) is 4.79 Å². The topological polar surface area (TPSA) is 72.3 Å². The second-order valence-corrected chi connectivity index (χ2v) is 6.00. The molecule has 108 valence electrons. The van der Waals surface area contributed by atoms with Gasteiger partial charge in [-0.05, 0) is 44.2 Å². The number of carbonyl (C=O) groups excluding carboxylic acids is 1. The Morgan fingerprint density at radius 3 is 1.67 bits per heavy atom. The van der Waals surface area contributed by atoms with E-state index in [-0.39, 0.29) is 0 Å². The van der Waals surface area contributed by atoms with Gasteiger partial charge < -0.3 is 16.4 Å². The lowest BCUT2D eigenvalue weighted by atomic mass is 10.1. The molecule has 0 bridgehead atoms. The third-order valence-corrected chi connectivity index (χ3v) is 3.17. The van der Waals surface area contributed by atoms with Crippen molar-refractivity contribution in [3.8, 4) is 0 Å². The van der Waals surface area contributed by atoms with Gasteiger partial charge in [0.15, 0.2) is 0 Å². The molecule has 4 N–H and O–H groups in total. The molecule has 0 saturated carbocycles. The van der Waals surface area contributed by atoms with Gasteiger partial charge in [-0.15, -0.1) is 0 Å². The number of amides is 1. The molecule has 0 saturated heterocycles. The summed E-state index contributed by atoms with van der Waals surface area (Å²) < 4.78 is 0. The molecule has 0 aliphatic heterocycles. The Bertz CT molecular complexity index is 217. The summed E-state index contributed by atoms with van der Waals surface area (Å²) in [6.07, 6.45) is 3.03. The quantitative estimate of drug-likeness (QED) is 0.624. The first-order valence-corrected chi connectivity index (χ1v) is 7.10. The highest BCUT2D eigenvalue weighted by Crippen LogP contribution is 2.07. The lowest BCUT2D eigenvalue weighted by Crippen LogP contribution is -2.40. The molecule has 1 amide bonds. The lowest BCUT2D eigenvalue weighted by Gasteiger charge is -2.25. The van der Waals surface area contributed by atoms with Crippen molar-refractivity contribution in [3.63, 3.8) is 0 Å². The van der Waals surface area contributed by atoms with Gasteiger partial charge in [0.1, 0.15) is 0 Å². The molecule has 0 heterocycles. The van der Waals surface area contributed by atoms with Gasteiger partial charge in [0.05, 0.1) is 6.04 Å². The minimum absolute atomic E-state index is 0.400. The Morgan fingerprint density at radius 1 is 0.944 bits per heavy atom. The van der Waals surface area contributed by atoms with Gasteiger partial charge in [0.25, 0.3) is 0 Å². The van der Waals surface area contributed by atoms with Gasteiger partial charge in [-0.1, -0.05) is 27.7 Å². The van der Waals surface area contributed by atoms with E-state index in [1.807, 2.05) is 0 Å². The number of hydrogen-bond acceptors (Lipinski definition) is 3. The smallest absolute Gasteiger partial charge is 0.234 e. The summed E-state index contributed by atoms with van der Waals surface area (Å²) in [5.74, 6) is 1.01. The maximum atomic E-state index is 10.9. The molecule has 0 aliphatic carbocycles. The molecule has 0 radical (unpaired) electrons. The van der Waals surface area contributed by atoms with Crippen molar-refractivity contribution < 1.29 is 4.79 Å². The Balaban J connectivity index is 4.06. The predicted molar refractivity (Wildman–Crippen MR) is 77.1 cm³/mol. The van der Waals surface area contributed by atoms with Crippen molar-refractivity contribution in [1.29, 1.82) is 0 Å². The molecule has 18 heavy (non-hydrogen) atoms. The van der Waals surface area contributed by atoms with E-state index in [9.17, 15) is 4.79 Å². The molecule has 0 aromatic carbocycles. The van der Waals surface area contributed by atoms with Crippen LogP contribution in [0.4, 0.5) is 0 Å². The van der Waals surface area contributed by atoms with Crippen molar-refractivity contribution >= 4 is 5.91 Å². The molecule has 0 aromatic rings. The van der Waals surface area contributed by atoms with Crippen LogP contribution in [0.1, 0.15) is 47.0 Å². The average Bonchev–Trinajstić information content (AvgIpc) is 2.26. The van der Waals surface area contributed by atoms with Crippen LogP contribution < -0.4 is 11.5 Å². The summed E-state index contributed by atoms with van der Waals surface area (Å²) in [7, 11) is 0. The maximum Gasteiger partial charge on any atom is 0.234 e. The molecule has 4 nitrogen and oxygen atoms in total. The lowest BCUT2D eigenvalue weighted by molar-refractivity contribution is -0.119. The average molecular weight is 257 g/mol. The zero-order valence-corrected chi connectivity index (χ0v) is 12.5. The molecular formula is C14H31N3O. The van der Waals surface area contributed by atoms with E-state index in [0.717, 1.165) is 19.6 Å². The van der Waals surface area contributed by atoms with E-state index in [4.69, 9.17) is 11.5 Å². The molecule has 0 rings (SSSR count). The van der Waals surface area contributed by atoms with Crippen LogP contribution in [0.2, 0.25) is 0 Å². The second-order valence-electron chi connectivity index (χ2n) is 6.00. The maximum absolute atomic E-state index is 10.9. The van der Waals surface area contributed by atoms with E-state index >= 15 is 0 Å². The Morgan fingerprint density at radius 2 is 1.33 bits per heavy atom. The van der Waals surface area contributed by atoms with E-state index in [1.165, 1.54) is 12.8 Å². The fourth-order valence-electron chi connectivity index (χ4n) is 1.68. The number of hydrogen-bond donors (Lipinski definition) is 2. The van der Waals surface area contributed by atoms with Crippen LogP contribution in [0.25, 0.3) is 0 Å². The monoisotopic (exact) mass is 257 g/mol. The van der Waals surface area contributed by atoms with Crippen LogP contribution in [0.5, 0.6) is 0 Å². The van der Waals surface area contributed by atoms with Crippen molar-refractivity contribution in [2.24, 2.45) is 23.3 Å². The largest absolute Gasteiger partial charge is 0.368 e. The molecule has 1 atom stereocenters. The third-order valence-electron chi connectivity index (χ3n) is 3.17. The van der Waals surface area contributed by atoms with Crippen molar-refractivity contribution in [3.05, 3.63) is 0 Å². The molecule has 0 fully saturated rings. The minimum Gasteiger partial charge on any atom is -0.368 e. The van der Waals surface area contributed by atoms with E-state index < -0.39 is 11.9 Å². The van der Waals surface area contributed by atoms with Crippen LogP contribution in [0.15, 0.2) is 0 Å². The molecule has 4 heteroatoms. The molecule has 0 aliphatic rings. The zero-order valence-electron chi connectivity index (χ0n) is 12.5. The zero-order chi connectivity index (χ0) is 14.1. The minimum atomic E-state index is -0.509. The second kappa shape index (κ2) is 9.34. The van der Waals surface area contributed by atoms with Gasteiger partial charge in [0.2, 0.25) is 5.91 Å². The first kappa shape index (κ1) is 17.4. The normalized spacial score (nSPS) is 13.6. The summed E-state index contributed by atoms with van der Waals surface area (Å²) in [5, 5.41) is 0. The van der Waals surface area contributed by atoms with Gasteiger partial charge in [-0.2, -0.15) is 0 Å². The highest BCUT2D eigenvalue weighted by molar-refractivity contribution is 5.79. The fraction of sp³-hybridized carbons (Fsp3) is 0.929. The molecular weight excluding hydrogens is 226 g/mol. The molecule has 0 aromatic heterocycles. The van der Waals surface area contributed by atoms with Crippen LogP contribution >= 0.6 is 0 Å². The van der Waals surface area contributed by atoms with E-state index in [0.29, 0.717) is 18.3 Å². The standard InChI is InChI=1S/C14H31N3O/c1-11(2)5-8-17(9-6-12(3)4)10-7-13(15)14(16)18/h11-13H,5-10,15H2,1-4H3,(H2,16,18). The summed E-state index contributed by atoms with van der Waals surface area (Å²) in [5.41, 5.74) is 10.9. The first-order chi connectivity index (χ1) is 8.32. The number of nitrogens with zero attached hydrogens (tertiary/aromatic N) is 1. The van der Waals surface area contributed by atoms with E-state index in [2.05, 4.69) is 32.6 Å². The fourth-order valence-corrected chi connectivity index (χ4v) is 1.68. The van der Waals surface area contributed by atoms with Crippen LogP contribution in [0.3, 0.4) is 0 Å².